The lowest BCUT2D eigenvalue weighted by atomic mass is 9.99. The second-order valence-corrected chi connectivity index (χ2v) is 6.54. The van der Waals surface area contributed by atoms with Gasteiger partial charge < -0.3 is 5.32 Å². The molecule has 1 nitrogen and oxygen atoms in total. The van der Waals surface area contributed by atoms with Gasteiger partial charge in [0.2, 0.25) is 0 Å². The Labute approximate surface area is 133 Å². The van der Waals surface area contributed by atoms with Crippen LogP contribution in [0.1, 0.15) is 37.4 Å². The highest BCUT2D eigenvalue weighted by Gasteiger charge is 2.11. The molecule has 0 saturated carbocycles. The normalized spacial score (nSPS) is 12.3. The van der Waals surface area contributed by atoms with Gasteiger partial charge in [-0.15, -0.1) is 11.8 Å². The van der Waals surface area contributed by atoms with Gasteiger partial charge >= 0.3 is 0 Å². The molecule has 1 unspecified atom stereocenters. The number of rotatable bonds is 8. The van der Waals surface area contributed by atoms with Crippen molar-refractivity contribution in [1.29, 1.82) is 0 Å². The molecule has 2 rings (SSSR count). The van der Waals surface area contributed by atoms with E-state index in [1.54, 1.807) is 0 Å². The second kappa shape index (κ2) is 8.91. The Morgan fingerprint density at radius 1 is 0.952 bits per heavy atom. The molecule has 0 amide bonds. The van der Waals surface area contributed by atoms with Gasteiger partial charge in [-0.3, -0.25) is 0 Å². The zero-order valence-corrected chi connectivity index (χ0v) is 13.8. The van der Waals surface area contributed by atoms with Gasteiger partial charge in [0, 0.05) is 10.9 Å². The predicted molar refractivity (Wildman–Crippen MR) is 94.0 cm³/mol. The monoisotopic (exact) mass is 299 g/mol. The first-order valence-corrected chi connectivity index (χ1v) is 8.82. The predicted octanol–water partition coefficient (Wildman–Crippen LogP) is 5.08. The Hall–Kier alpha value is -1.25. The summed E-state index contributed by atoms with van der Waals surface area (Å²) >= 11 is 1.90. The van der Waals surface area contributed by atoms with Crippen molar-refractivity contribution in [2.75, 3.05) is 12.3 Å². The van der Waals surface area contributed by atoms with Crippen molar-refractivity contribution in [2.45, 2.75) is 37.6 Å². The van der Waals surface area contributed by atoms with Crippen LogP contribution in [0.2, 0.25) is 0 Å². The number of hydrogen-bond acceptors (Lipinski definition) is 2. The summed E-state index contributed by atoms with van der Waals surface area (Å²) in [5.41, 5.74) is 2.77. The van der Waals surface area contributed by atoms with Crippen molar-refractivity contribution in [3.05, 3.63) is 65.7 Å². The largest absolute Gasteiger partial charge is 0.310 e. The molecule has 0 aromatic heterocycles. The molecular weight excluding hydrogens is 274 g/mol. The molecule has 1 N–H and O–H groups in total. The minimum atomic E-state index is 0.396. The van der Waals surface area contributed by atoms with Crippen LogP contribution in [-0.2, 0) is 6.42 Å². The molecule has 0 aliphatic heterocycles. The smallest absolute Gasteiger partial charge is 0.0360 e. The van der Waals surface area contributed by atoms with E-state index in [2.05, 4.69) is 73.8 Å². The Morgan fingerprint density at radius 3 is 2.29 bits per heavy atom. The van der Waals surface area contributed by atoms with Crippen LogP contribution in [0.4, 0.5) is 0 Å². The lowest BCUT2D eigenvalue weighted by Crippen LogP contribution is -2.24. The molecule has 112 valence electrons. The molecule has 2 heteroatoms. The third-order valence-electron chi connectivity index (χ3n) is 3.52. The molecule has 2 aromatic rings. The van der Waals surface area contributed by atoms with Crippen molar-refractivity contribution in [1.82, 2.24) is 5.32 Å². The van der Waals surface area contributed by atoms with Gasteiger partial charge in [0.15, 0.2) is 0 Å². The zero-order valence-electron chi connectivity index (χ0n) is 13.0. The summed E-state index contributed by atoms with van der Waals surface area (Å²) in [6.45, 7) is 5.47. The summed E-state index contributed by atoms with van der Waals surface area (Å²) in [5, 5.41) is 3.68. The lowest BCUT2D eigenvalue weighted by Gasteiger charge is -2.19. The summed E-state index contributed by atoms with van der Waals surface area (Å²) in [7, 11) is 0. The summed E-state index contributed by atoms with van der Waals surface area (Å²) in [4.78, 5) is 1.36. The third-order valence-corrected chi connectivity index (χ3v) is 4.41. The molecule has 0 aliphatic rings. The van der Waals surface area contributed by atoms with Crippen molar-refractivity contribution in [3.8, 4) is 0 Å². The van der Waals surface area contributed by atoms with Gasteiger partial charge in [-0.25, -0.2) is 0 Å². The van der Waals surface area contributed by atoms with Crippen molar-refractivity contribution in [3.63, 3.8) is 0 Å². The highest BCUT2D eigenvalue weighted by atomic mass is 32.2. The molecule has 2 aromatic carbocycles. The van der Waals surface area contributed by atoms with E-state index < -0.39 is 0 Å². The molecule has 0 spiro atoms. The van der Waals surface area contributed by atoms with E-state index in [9.17, 15) is 0 Å². The lowest BCUT2D eigenvalue weighted by molar-refractivity contribution is 0.529. The third kappa shape index (κ3) is 5.22. The second-order valence-electron chi connectivity index (χ2n) is 5.20. The van der Waals surface area contributed by atoms with E-state index in [4.69, 9.17) is 0 Å². The molecule has 1 atom stereocenters. The molecule has 0 radical (unpaired) electrons. The van der Waals surface area contributed by atoms with Gasteiger partial charge in [0.05, 0.1) is 0 Å². The quantitative estimate of drug-likeness (QED) is 0.682. The van der Waals surface area contributed by atoms with E-state index >= 15 is 0 Å². The highest BCUT2D eigenvalue weighted by molar-refractivity contribution is 7.99. The van der Waals surface area contributed by atoms with E-state index in [0.717, 1.165) is 25.1 Å². The summed E-state index contributed by atoms with van der Waals surface area (Å²) in [6, 6.07) is 20.2. The minimum Gasteiger partial charge on any atom is -0.310 e. The van der Waals surface area contributed by atoms with Crippen molar-refractivity contribution >= 4 is 11.8 Å². The fourth-order valence-electron chi connectivity index (χ4n) is 2.44. The summed E-state index contributed by atoms with van der Waals surface area (Å²) in [5.74, 6) is 1.13. The van der Waals surface area contributed by atoms with E-state index in [0.29, 0.717) is 6.04 Å². The van der Waals surface area contributed by atoms with Gasteiger partial charge in [0.25, 0.3) is 0 Å². The van der Waals surface area contributed by atoms with Gasteiger partial charge in [0.1, 0.15) is 0 Å². The zero-order chi connectivity index (χ0) is 14.9. The number of hydrogen-bond donors (Lipinski definition) is 1. The van der Waals surface area contributed by atoms with E-state index in [1.807, 2.05) is 11.8 Å². The first-order chi connectivity index (χ1) is 10.3. The van der Waals surface area contributed by atoms with Crippen LogP contribution < -0.4 is 5.32 Å². The maximum absolute atomic E-state index is 3.68. The molecule has 0 saturated heterocycles. The van der Waals surface area contributed by atoms with Gasteiger partial charge in [-0.1, -0.05) is 56.3 Å². The minimum absolute atomic E-state index is 0.396. The van der Waals surface area contributed by atoms with Crippen LogP contribution in [0.25, 0.3) is 0 Å². The number of nitrogens with one attached hydrogen (secondary N) is 1. The number of thioether (sulfide) groups is 1. The first kappa shape index (κ1) is 16.1. The van der Waals surface area contributed by atoms with Crippen LogP contribution >= 0.6 is 11.8 Å². The standard InChI is InChI=1S/C19H25NS/c1-3-14-20-19(15-16-8-6-5-7-9-16)17-10-12-18(13-11-17)21-4-2/h5-13,19-20H,3-4,14-15H2,1-2H3. The molecule has 0 aliphatic carbocycles. The topological polar surface area (TPSA) is 12.0 Å². The van der Waals surface area contributed by atoms with Crippen molar-refractivity contribution in [2.24, 2.45) is 0 Å². The maximum Gasteiger partial charge on any atom is 0.0360 e. The van der Waals surface area contributed by atoms with Crippen LogP contribution in [-0.4, -0.2) is 12.3 Å². The molecular formula is C19H25NS. The van der Waals surface area contributed by atoms with Crippen LogP contribution in [0, 0.1) is 0 Å². The van der Waals surface area contributed by atoms with Crippen LogP contribution in [0.3, 0.4) is 0 Å². The SMILES string of the molecule is CCCNC(Cc1ccccc1)c1ccc(SCC)cc1. The average molecular weight is 299 g/mol. The van der Waals surface area contributed by atoms with E-state index in [1.165, 1.54) is 16.0 Å². The molecule has 0 bridgehead atoms. The number of benzene rings is 2. The van der Waals surface area contributed by atoms with Gasteiger partial charge in [-0.05, 0) is 48.4 Å². The summed E-state index contributed by atoms with van der Waals surface area (Å²) < 4.78 is 0. The first-order valence-electron chi connectivity index (χ1n) is 7.83. The van der Waals surface area contributed by atoms with Crippen LogP contribution in [0.5, 0.6) is 0 Å². The molecule has 21 heavy (non-hydrogen) atoms. The van der Waals surface area contributed by atoms with Gasteiger partial charge in [-0.2, -0.15) is 0 Å². The Balaban J connectivity index is 2.11. The Morgan fingerprint density at radius 2 is 1.67 bits per heavy atom. The van der Waals surface area contributed by atoms with Crippen molar-refractivity contribution < 1.29 is 0 Å². The molecule has 0 fully saturated rings. The maximum atomic E-state index is 3.68. The fourth-order valence-corrected chi connectivity index (χ4v) is 3.10. The fraction of sp³-hybridized carbons (Fsp3) is 0.368. The molecule has 0 heterocycles. The van der Waals surface area contributed by atoms with E-state index in [-0.39, 0.29) is 0 Å². The Kier molecular flexibility index (Phi) is 6.84. The Bertz CT molecular complexity index is 507. The average Bonchev–Trinajstić information content (AvgIpc) is 2.53. The summed E-state index contributed by atoms with van der Waals surface area (Å²) in [6.07, 6.45) is 2.20. The highest BCUT2D eigenvalue weighted by Crippen LogP contribution is 2.23. The van der Waals surface area contributed by atoms with Crippen LogP contribution in [0.15, 0.2) is 59.5 Å².